The number of benzene rings is 1. The van der Waals surface area contributed by atoms with Crippen LogP contribution in [-0.2, 0) is 0 Å². The molecule has 1 aromatic rings. The smallest absolute Gasteiger partial charge is 0.133 e. The van der Waals surface area contributed by atoms with Crippen LogP contribution in [0.2, 0.25) is 0 Å². The summed E-state index contributed by atoms with van der Waals surface area (Å²) in [5.41, 5.74) is 7.18. The summed E-state index contributed by atoms with van der Waals surface area (Å²) >= 11 is 0. The van der Waals surface area contributed by atoms with E-state index in [1.807, 2.05) is 6.08 Å². The van der Waals surface area contributed by atoms with Crippen LogP contribution in [0.1, 0.15) is 24.8 Å². The van der Waals surface area contributed by atoms with E-state index in [1.165, 1.54) is 12.1 Å². The Morgan fingerprint density at radius 2 is 2.07 bits per heavy atom. The lowest BCUT2D eigenvalue weighted by atomic mass is 9.91. The molecule has 0 amide bonds. The fraction of sp³-hybridized carbons (Fsp3) is 0.333. The second-order valence-electron chi connectivity index (χ2n) is 3.89. The predicted octanol–water partition coefficient (Wildman–Crippen LogP) is 2.86. The molecule has 1 atom stereocenters. The molecule has 0 aliphatic heterocycles. The summed E-state index contributed by atoms with van der Waals surface area (Å²) < 4.78 is 26.1. The fourth-order valence-corrected chi connectivity index (χ4v) is 1.85. The predicted molar refractivity (Wildman–Crippen MR) is 56.2 cm³/mol. The van der Waals surface area contributed by atoms with Crippen LogP contribution in [-0.4, -0.2) is 6.04 Å². The Morgan fingerprint density at radius 3 is 2.67 bits per heavy atom. The molecule has 0 bridgehead atoms. The van der Waals surface area contributed by atoms with Gasteiger partial charge >= 0.3 is 0 Å². The van der Waals surface area contributed by atoms with Crippen molar-refractivity contribution in [3.05, 3.63) is 41.5 Å². The number of hydrogen-bond donors (Lipinski definition) is 1. The van der Waals surface area contributed by atoms with Crippen molar-refractivity contribution in [3.8, 4) is 0 Å². The van der Waals surface area contributed by atoms with Gasteiger partial charge in [-0.25, -0.2) is 8.78 Å². The van der Waals surface area contributed by atoms with E-state index in [2.05, 4.69) is 0 Å². The van der Waals surface area contributed by atoms with Crippen LogP contribution in [0.25, 0.3) is 5.57 Å². The number of hydrogen-bond acceptors (Lipinski definition) is 1. The molecule has 1 aliphatic carbocycles. The van der Waals surface area contributed by atoms with Gasteiger partial charge in [-0.1, -0.05) is 6.08 Å². The van der Waals surface area contributed by atoms with Crippen molar-refractivity contribution < 1.29 is 8.78 Å². The van der Waals surface area contributed by atoms with E-state index in [4.69, 9.17) is 5.73 Å². The first kappa shape index (κ1) is 10.3. The van der Waals surface area contributed by atoms with Gasteiger partial charge in [0.25, 0.3) is 0 Å². The highest BCUT2D eigenvalue weighted by Gasteiger charge is 2.14. The number of nitrogens with two attached hydrogens (primary N) is 1. The third-order valence-corrected chi connectivity index (χ3v) is 2.73. The third kappa shape index (κ3) is 2.23. The molecule has 0 radical (unpaired) electrons. The van der Waals surface area contributed by atoms with Crippen molar-refractivity contribution >= 4 is 5.57 Å². The minimum absolute atomic E-state index is 0.178. The van der Waals surface area contributed by atoms with Crippen LogP contribution in [0, 0.1) is 11.6 Å². The summed E-state index contributed by atoms with van der Waals surface area (Å²) in [4.78, 5) is 0. The zero-order valence-electron chi connectivity index (χ0n) is 8.34. The monoisotopic (exact) mass is 209 g/mol. The van der Waals surface area contributed by atoms with E-state index in [1.54, 1.807) is 0 Å². The molecule has 1 nitrogen and oxygen atoms in total. The van der Waals surface area contributed by atoms with Gasteiger partial charge in [0.15, 0.2) is 0 Å². The molecule has 3 heteroatoms. The van der Waals surface area contributed by atoms with Gasteiger partial charge in [-0.15, -0.1) is 0 Å². The molecule has 0 heterocycles. The van der Waals surface area contributed by atoms with Crippen molar-refractivity contribution in [1.29, 1.82) is 0 Å². The Balaban J connectivity index is 2.30. The molecule has 15 heavy (non-hydrogen) atoms. The molecule has 1 unspecified atom stereocenters. The van der Waals surface area contributed by atoms with Gasteiger partial charge in [-0.05, 0) is 37.0 Å². The second kappa shape index (κ2) is 4.11. The topological polar surface area (TPSA) is 26.0 Å². The highest BCUT2D eigenvalue weighted by Crippen LogP contribution is 2.28. The first-order valence-corrected chi connectivity index (χ1v) is 5.07. The molecule has 0 saturated carbocycles. The standard InChI is InChI=1S/C12H13F2N/c13-9-3-6-11(12(14)7-9)8-1-4-10(15)5-2-8/h1,3,6-7,10H,2,4-5,15H2. The van der Waals surface area contributed by atoms with Crippen LogP contribution >= 0.6 is 0 Å². The third-order valence-electron chi connectivity index (χ3n) is 2.73. The van der Waals surface area contributed by atoms with E-state index < -0.39 is 11.6 Å². The molecule has 0 aromatic heterocycles. The molecule has 1 aromatic carbocycles. The average molecular weight is 209 g/mol. The van der Waals surface area contributed by atoms with Crippen LogP contribution in [0.3, 0.4) is 0 Å². The summed E-state index contributed by atoms with van der Waals surface area (Å²) in [5.74, 6) is -1.03. The molecule has 2 rings (SSSR count). The molecule has 2 N–H and O–H groups in total. The maximum absolute atomic E-state index is 13.4. The lowest BCUT2D eigenvalue weighted by Gasteiger charge is -2.18. The average Bonchev–Trinajstić information content (AvgIpc) is 2.20. The maximum Gasteiger partial charge on any atom is 0.133 e. The van der Waals surface area contributed by atoms with Crippen molar-refractivity contribution in [2.24, 2.45) is 5.73 Å². The lowest BCUT2D eigenvalue weighted by molar-refractivity contribution is 0.575. The van der Waals surface area contributed by atoms with E-state index in [0.29, 0.717) is 5.56 Å². The molecule has 0 saturated heterocycles. The van der Waals surface area contributed by atoms with Crippen molar-refractivity contribution in [2.45, 2.75) is 25.3 Å². The Labute approximate surface area is 87.6 Å². The first-order chi connectivity index (χ1) is 7.16. The van der Waals surface area contributed by atoms with Gasteiger partial charge < -0.3 is 5.73 Å². The Morgan fingerprint density at radius 1 is 1.27 bits per heavy atom. The van der Waals surface area contributed by atoms with Gasteiger partial charge in [-0.3, -0.25) is 0 Å². The zero-order valence-corrected chi connectivity index (χ0v) is 8.34. The molecule has 0 fully saturated rings. The fourth-order valence-electron chi connectivity index (χ4n) is 1.85. The maximum atomic E-state index is 13.4. The zero-order chi connectivity index (χ0) is 10.8. The van der Waals surface area contributed by atoms with Crippen LogP contribution in [0.5, 0.6) is 0 Å². The minimum atomic E-state index is -0.538. The summed E-state index contributed by atoms with van der Waals surface area (Å²) in [5, 5.41) is 0. The quantitative estimate of drug-likeness (QED) is 0.756. The molecule has 0 spiro atoms. The Hall–Kier alpha value is -1.22. The van der Waals surface area contributed by atoms with Gasteiger partial charge in [0.2, 0.25) is 0 Å². The number of rotatable bonds is 1. The summed E-state index contributed by atoms with van der Waals surface area (Å²) in [6.45, 7) is 0. The van der Waals surface area contributed by atoms with Crippen LogP contribution in [0.4, 0.5) is 8.78 Å². The van der Waals surface area contributed by atoms with Crippen LogP contribution < -0.4 is 5.73 Å². The van der Waals surface area contributed by atoms with Crippen molar-refractivity contribution in [2.75, 3.05) is 0 Å². The van der Waals surface area contributed by atoms with Gasteiger partial charge in [0, 0.05) is 17.7 Å². The molecular weight excluding hydrogens is 196 g/mol. The van der Waals surface area contributed by atoms with Gasteiger partial charge in [0.05, 0.1) is 0 Å². The second-order valence-corrected chi connectivity index (χ2v) is 3.89. The van der Waals surface area contributed by atoms with E-state index >= 15 is 0 Å². The lowest BCUT2D eigenvalue weighted by Crippen LogP contribution is -2.21. The molecular formula is C12H13F2N. The summed E-state index contributed by atoms with van der Waals surface area (Å²) in [6, 6.07) is 3.88. The Kier molecular flexibility index (Phi) is 2.82. The highest BCUT2D eigenvalue weighted by molar-refractivity contribution is 5.66. The minimum Gasteiger partial charge on any atom is -0.327 e. The first-order valence-electron chi connectivity index (χ1n) is 5.07. The van der Waals surface area contributed by atoms with Gasteiger partial charge in [-0.2, -0.15) is 0 Å². The molecule has 80 valence electrons. The van der Waals surface area contributed by atoms with Crippen molar-refractivity contribution in [3.63, 3.8) is 0 Å². The van der Waals surface area contributed by atoms with Crippen LogP contribution in [0.15, 0.2) is 24.3 Å². The molecule has 1 aliphatic rings. The SMILES string of the molecule is NC1CC=C(c2ccc(F)cc2F)CC1. The van der Waals surface area contributed by atoms with E-state index in [0.717, 1.165) is 30.9 Å². The summed E-state index contributed by atoms with van der Waals surface area (Å²) in [6.07, 6.45) is 4.35. The normalized spacial score (nSPS) is 21.3. The van der Waals surface area contributed by atoms with Crippen molar-refractivity contribution in [1.82, 2.24) is 0 Å². The van der Waals surface area contributed by atoms with E-state index in [9.17, 15) is 8.78 Å². The Bertz CT molecular complexity index is 399. The van der Waals surface area contributed by atoms with Gasteiger partial charge in [0.1, 0.15) is 11.6 Å². The van der Waals surface area contributed by atoms with E-state index in [-0.39, 0.29) is 6.04 Å². The number of allylic oxidation sites excluding steroid dienone is 1. The number of halogens is 2. The highest BCUT2D eigenvalue weighted by atomic mass is 19.1. The summed E-state index contributed by atoms with van der Waals surface area (Å²) in [7, 11) is 0. The largest absolute Gasteiger partial charge is 0.327 e.